The molecule has 1 atom stereocenters. The highest BCUT2D eigenvalue weighted by atomic mass is 19.1. The zero-order valence-electron chi connectivity index (χ0n) is 10.4. The van der Waals surface area contributed by atoms with Crippen LogP contribution in [0.5, 0.6) is 5.75 Å². The number of halogens is 1. The third-order valence-corrected chi connectivity index (χ3v) is 3.69. The molecule has 0 aromatic heterocycles. The Morgan fingerprint density at radius 1 is 1.47 bits per heavy atom. The van der Waals surface area contributed by atoms with Crippen molar-refractivity contribution in [2.75, 3.05) is 6.79 Å². The number of hydrogen-bond donors (Lipinski definition) is 1. The van der Waals surface area contributed by atoms with Crippen LogP contribution in [0.3, 0.4) is 0 Å². The van der Waals surface area contributed by atoms with Crippen LogP contribution in [0.4, 0.5) is 4.39 Å². The predicted molar refractivity (Wildman–Crippen MR) is 64.4 cm³/mol. The molecule has 1 N–H and O–H groups in total. The van der Waals surface area contributed by atoms with Gasteiger partial charge in [0.2, 0.25) is 0 Å². The number of rotatable bonds is 4. The average Bonchev–Trinajstić information content (AvgIpc) is 3.19. The van der Waals surface area contributed by atoms with Gasteiger partial charge in [0.25, 0.3) is 0 Å². The van der Waals surface area contributed by atoms with Crippen molar-refractivity contribution in [1.82, 2.24) is 0 Å². The maximum atomic E-state index is 13.7. The molecular weight excluding hydrogens is 251 g/mol. The summed E-state index contributed by atoms with van der Waals surface area (Å²) in [4.78, 5) is 11.0. The second-order valence-corrected chi connectivity index (χ2v) is 5.14. The maximum absolute atomic E-state index is 13.7. The van der Waals surface area contributed by atoms with Crippen molar-refractivity contribution in [3.8, 4) is 5.75 Å². The molecule has 1 unspecified atom stereocenters. The van der Waals surface area contributed by atoms with E-state index in [1.807, 2.05) is 0 Å². The molecule has 0 saturated heterocycles. The maximum Gasteiger partial charge on any atom is 0.303 e. The van der Waals surface area contributed by atoms with E-state index in [4.69, 9.17) is 14.6 Å². The Balaban J connectivity index is 2.01. The van der Waals surface area contributed by atoms with E-state index in [0.29, 0.717) is 29.4 Å². The molecule has 1 fully saturated rings. The molecule has 1 aliphatic heterocycles. The summed E-state index contributed by atoms with van der Waals surface area (Å²) in [5, 5.41) is 9.04. The molecule has 2 aliphatic rings. The summed E-state index contributed by atoms with van der Waals surface area (Å²) in [6, 6.07) is 2.80. The van der Waals surface area contributed by atoms with E-state index in [-0.39, 0.29) is 24.9 Å². The number of carbonyl (C=O) groups is 1. The van der Waals surface area contributed by atoms with Gasteiger partial charge in [-0.15, -0.1) is 0 Å². The van der Waals surface area contributed by atoms with Crippen molar-refractivity contribution in [3.05, 3.63) is 29.1 Å². The van der Waals surface area contributed by atoms with E-state index in [0.717, 1.165) is 12.8 Å². The van der Waals surface area contributed by atoms with Gasteiger partial charge in [-0.25, -0.2) is 4.39 Å². The molecule has 4 nitrogen and oxygen atoms in total. The normalized spacial score (nSPS) is 19.4. The molecule has 3 rings (SSSR count). The number of aliphatic carboxylic acids is 1. The average molecular weight is 266 g/mol. The Morgan fingerprint density at radius 3 is 2.95 bits per heavy atom. The molecule has 5 heteroatoms. The third kappa shape index (κ3) is 2.56. The summed E-state index contributed by atoms with van der Waals surface area (Å²) < 4.78 is 24.3. The van der Waals surface area contributed by atoms with E-state index in [2.05, 4.69) is 0 Å². The first kappa shape index (κ1) is 12.4. The van der Waals surface area contributed by atoms with Crippen LogP contribution >= 0.6 is 0 Å². The summed E-state index contributed by atoms with van der Waals surface area (Å²) in [5.41, 5.74) is 1.35. The van der Waals surface area contributed by atoms with Gasteiger partial charge in [-0.2, -0.15) is 0 Å². The Morgan fingerprint density at radius 2 is 2.26 bits per heavy atom. The van der Waals surface area contributed by atoms with Gasteiger partial charge in [0.1, 0.15) is 11.6 Å². The Labute approximate surface area is 110 Å². The quantitative estimate of drug-likeness (QED) is 0.910. The van der Waals surface area contributed by atoms with E-state index in [9.17, 15) is 9.18 Å². The van der Waals surface area contributed by atoms with Crippen LogP contribution < -0.4 is 4.74 Å². The highest BCUT2D eigenvalue weighted by Crippen LogP contribution is 2.48. The van der Waals surface area contributed by atoms with E-state index in [1.54, 1.807) is 0 Å². The van der Waals surface area contributed by atoms with Gasteiger partial charge >= 0.3 is 5.97 Å². The first-order valence-electron chi connectivity index (χ1n) is 6.40. The van der Waals surface area contributed by atoms with Crippen LogP contribution in [0.2, 0.25) is 0 Å². The zero-order valence-corrected chi connectivity index (χ0v) is 10.4. The van der Waals surface area contributed by atoms with E-state index >= 15 is 0 Å². The van der Waals surface area contributed by atoms with Gasteiger partial charge in [-0.3, -0.25) is 4.79 Å². The highest BCUT2D eigenvalue weighted by molar-refractivity contribution is 5.68. The standard InChI is InChI=1S/C14H15FO4/c15-10-3-9-6-18-7-19-14(9)12(4-10)11(5-13(16)17)8-1-2-8/h3-4,8,11H,1-2,5-7H2,(H,16,17). The first-order valence-corrected chi connectivity index (χ1v) is 6.40. The van der Waals surface area contributed by atoms with Crippen molar-refractivity contribution in [1.29, 1.82) is 0 Å². The Kier molecular flexibility index (Phi) is 3.14. The fourth-order valence-corrected chi connectivity index (χ4v) is 2.70. The van der Waals surface area contributed by atoms with Gasteiger partial charge in [-0.1, -0.05) is 0 Å². The minimum Gasteiger partial charge on any atom is -0.481 e. The van der Waals surface area contributed by atoms with Crippen molar-refractivity contribution in [3.63, 3.8) is 0 Å². The van der Waals surface area contributed by atoms with Crippen LogP contribution in [0.15, 0.2) is 12.1 Å². The summed E-state index contributed by atoms with van der Waals surface area (Å²) in [6.07, 6.45) is 2.02. The lowest BCUT2D eigenvalue weighted by molar-refractivity contribution is -0.137. The second kappa shape index (κ2) is 4.81. The predicted octanol–water partition coefficient (Wildman–Crippen LogP) is 2.66. The molecule has 1 heterocycles. The highest BCUT2D eigenvalue weighted by Gasteiger charge is 2.36. The van der Waals surface area contributed by atoms with Crippen LogP contribution in [-0.4, -0.2) is 17.9 Å². The minimum absolute atomic E-state index is 0.0186. The number of ether oxygens (including phenoxy) is 2. The van der Waals surface area contributed by atoms with Crippen molar-refractivity contribution >= 4 is 5.97 Å². The second-order valence-electron chi connectivity index (χ2n) is 5.14. The van der Waals surface area contributed by atoms with Crippen LogP contribution in [-0.2, 0) is 16.1 Å². The number of fused-ring (bicyclic) bond motifs is 1. The van der Waals surface area contributed by atoms with Crippen LogP contribution in [0.25, 0.3) is 0 Å². The van der Waals surface area contributed by atoms with Crippen molar-refractivity contribution < 1.29 is 23.8 Å². The summed E-state index contributed by atoms with van der Waals surface area (Å²) in [7, 11) is 0. The fraction of sp³-hybridized carbons (Fsp3) is 0.500. The van der Waals surface area contributed by atoms with Crippen molar-refractivity contribution in [2.45, 2.75) is 31.8 Å². The largest absolute Gasteiger partial charge is 0.481 e. The lowest BCUT2D eigenvalue weighted by Gasteiger charge is -2.24. The minimum atomic E-state index is -0.859. The van der Waals surface area contributed by atoms with E-state index < -0.39 is 5.97 Å². The molecule has 1 aliphatic carbocycles. The Bertz CT molecular complexity index is 510. The summed E-state index contributed by atoms with van der Waals surface area (Å²) in [5.74, 6) is -0.444. The van der Waals surface area contributed by atoms with Crippen molar-refractivity contribution in [2.24, 2.45) is 5.92 Å². The lowest BCUT2D eigenvalue weighted by Crippen LogP contribution is -2.17. The van der Waals surface area contributed by atoms with Crippen LogP contribution in [0.1, 0.15) is 36.3 Å². The Hall–Kier alpha value is -1.62. The van der Waals surface area contributed by atoms with Crippen LogP contribution in [0, 0.1) is 11.7 Å². The number of hydrogen-bond acceptors (Lipinski definition) is 3. The van der Waals surface area contributed by atoms with Gasteiger partial charge in [0.15, 0.2) is 6.79 Å². The summed E-state index contributed by atoms with van der Waals surface area (Å²) >= 11 is 0. The molecule has 0 radical (unpaired) electrons. The number of benzene rings is 1. The molecule has 0 amide bonds. The van der Waals surface area contributed by atoms with Gasteiger partial charge in [0, 0.05) is 17.0 Å². The van der Waals surface area contributed by atoms with Gasteiger partial charge in [-0.05, 0) is 30.9 Å². The molecule has 1 aromatic carbocycles. The number of carboxylic acid groups (broad SMARTS) is 1. The lowest BCUT2D eigenvalue weighted by atomic mass is 9.88. The SMILES string of the molecule is O=C(O)CC(c1cc(F)cc2c1OCOC2)C1CC1. The monoisotopic (exact) mass is 266 g/mol. The van der Waals surface area contributed by atoms with E-state index in [1.165, 1.54) is 12.1 Å². The molecule has 19 heavy (non-hydrogen) atoms. The molecular formula is C14H15FO4. The molecule has 0 bridgehead atoms. The molecule has 102 valence electrons. The molecule has 1 saturated carbocycles. The van der Waals surface area contributed by atoms with Gasteiger partial charge < -0.3 is 14.6 Å². The van der Waals surface area contributed by atoms with Gasteiger partial charge in [0.05, 0.1) is 13.0 Å². The molecule has 1 aromatic rings. The fourth-order valence-electron chi connectivity index (χ4n) is 2.70. The topological polar surface area (TPSA) is 55.8 Å². The smallest absolute Gasteiger partial charge is 0.303 e. The third-order valence-electron chi connectivity index (χ3n) is 3.69. The zero-order chi connectivity index (χ0) is 13.4. The molecule has 0 spiro atoms. The number of carboxylic acids is 1. The first-order chi connectivity index (χ1) is 9.15. The summed E-state index contributed by atoms with van der Waals surface area (Å²) in [6.45, 7) is 0.445.